The summed E-state index contributed by atoms with van der Waals surface area (Å²) in [4.78, 5) is 0. The van der Waals surface area contributed by atoms with Gasteiger partial charge in [0.2, 0.25) is 0 Å². The van der Waals surface area contributed by atoms with Gasteiger partial charge in [-0.3, -0.25) is 0 Å². The molecule has 0 spiro atoms. The van der Waals surface area contributed by atoms with E-state index in [1.807, 2.05) is 97.1 Å². The van der Waals surface area contributed by atoms with Crippen molar-refractivity contribution in [3.8, 4) is 17.2 Å². The number of rotatable bonds is 8. The Morgan fingerprint density at radius 3 is 1.52 bits per heavy atom. The van der Waals surface area contributed by atoms with Gasteiger partial charge in [0.15, 0.2) is 0 Å². The molecule has 4 heteroatoms. The van der Waals surface area contributed by atoms with Gasteiger partial charge >= 0.3 is 14.8 Å². The molecular weight excluding hydrogens is 327 g/mol. The summed E-state index contributed by atoms with van der Waals surface area (Å²) in [5.41, 5.74) is 0. The van der Waals surface area contributed by atoms with E-state index in [2.05, 4.69) is 0 Å². The highest BCUT2D eigenvalue weighted by molar-refractivity contribution is 6.46. The molecule has 3 nitrogen and oxygen atoms in total. The molecule has 25 heavy (non-hydrogen) atoms. The Morgan fingerprint density at radius 1 is 0.600 bits per heavy atom. The molecule has 0 atom stereocenters. The summed E-state index contributed by atoms with van der Waals surface area (Å²) >= 11 is -1.98. The van der Waals surface area contributed by atoms with Crippen molar-refractivity contribution in [1.82, 2.24) is 0 Å². The molecule has 0 fully saturated rings. The van der Waals surface area contributed by atoms with Gasteiger partial charge in [-0.15, -0.1) is 0 Å². The van der Waals surface area contributed by atoms with Gasteiger partial charge in [0.25, 0.3) is 0 Å². The molecule has 0 bridgehead atoms. The van der Waals surface area contributed by atoms with E-state index >= 15 is 0 Å². The van der Waals surface area contributed by atoms with Crippen LogP contribution in [-0.2, 0) is 0 Å². The van der Waals surface area contributed by atoms with Crippen molar-refractivity contribution < 1.29 is 12.3 Å². The molecule has 0 aliphatic rings. The Kier molecular flexibility index (Phi) is 6.58. The lowest BCUT2D eigenvalue weighted by Crippen LogP contribution is -2.29. The molecule has 0 aliphatic heterocycles. The zero-order chi connectivity index (χ0) is 17.2. The first kappa shape index (κ1) is 17.2. The zero-order valence-corrected chi connectivity index (χ0v) is 15.0. The first-order valence-electron chi connectivity index (χ1n) is 8.20. The van der Waals surface area contributed by atoms with Crippen LogP contribution in [0.4, 0.5) is 0 Å². The van der Waals surface area contributed by atoms with Crippen LogP contribution >= 0.6 is 0 Å². The van der Waals surface area contributed by atoms with Crippen LogP contribution in [0.5, 0.6) is 17.2 Å². The van der Waals surface area contributed by atoms with E-state index in [1.165, 1.54) is 0 Å². The fourth-order valence-electron chi connectivity index (χ4n) is 2.21. The Morgan fingerprint density at radius 2 is 1.04 bits per heavy atom. The summed E-state index contributed by atoms with van der Waals surface area (Å²) in [5.74, 6) is 2.46. The molecule has 124 valence electrons. The number of hydrogen-bond donors (Lipinski definition) is 0. The highest BCUT2D eigenvalue weighted by Gasteiger charge is 2.31. The maximum Gasteiger partial charge on any atom is 0.861 e. The van der Waals surface area contributed by atoms with Crippen molar-refractivity contribution in [2.45, 2.75) is 5.28 Å². The lowest BCUT2D eigenvalue weighted by Gasteiger charge is -2.15. The van der Waals surface area contributed by atoms with Crippen LogP contribution in [0.3, 0.4) is 0 Å². The standard InChI is InChI=1S/C9H9O.2C6H6O.Al/c1-2-8-10-9-6-4-3-5-7-9;2*7-6-4-2-1-3-5-6;/h2-8H,1H2;2*1-5,7H;/q;;;+2/p-2. The van der Waals surface area contributed by atoms with Crippen LogP contribution in [0, 0.1) is 0 Å². The maximum absolute atomic E-state index is 6.08. The molecule has 0 unspecified atom stereocenters. The van der Waals surface area contributed by atoms with Crippen molar-refractivity contribution in [2.75, 3.05) is 0 Å². The van der Waals surface area contributed by atoms with Crippen LogP contribution in [0.15, 0.2) is 103 Å². The SMILES string of the molecule is C(=COc1ccccc1)[CH2][Al]([O]c1ccccc1)[O]c1ccccc1. The van der Waals surface area contributed by atoms with Crippen LogP contribution in [-0.4, -0.2) is 14.8 Å². The predicted molar refractivity (Wildman–Crippen MR) is 101 cm³/mol. The molecule has 3 rings (SSSR count). The highest BCUT2D eigenvalue weighted by atomic mass is 27.2. The first-order valence-corrected chi connectivity index (χ1v) is 9.96. The van der Waals surface area contributed by atoms with E-state index in [0.717, 1.165) is 17.2 Å². The Hall–Kier alpha value is -2.67. The fraction of sp³-hybridized carbons (Fsp3) is 0.0476. The van der Waals surface area contributed by atoms with Crippen LogP contribution in [0.1, 0.15) is 0 Å². The van der Waals surface area contributed by atoms with Gasteiger partial charge in [-0.2, -0.15) is 0 Å². The van der Waals surface area contributed by atoms with E-state index in [4.69, 9.17) is 12.3 Å². The van der Waals surface area contributed by atoms with Gasteiger partial charge in [-0.05, 0) is 36.4 Å². The molecule has 0 heterocycles. The topological polar surface area (TPSA) is 27.7 Å². The number of ether oxygens (including phenoxy) is 1. The van der Waals surface area contributed by atoms with E-state index in [-0.39, 0.29) is 0 Å². The number of hydrogen-bond acceptors (Lipinski definition) is 3. The zero-order valence-electron chi connectivity index (χ0n) is 13.8. The Labute approximate surface area is 153 Å². The molecule has 0 N–H and O–H groups in total. The van der Waals surface area contributed by atoms with Gasteiger partial charge in [-0.25, -0.2) is 0 Å². The third kappa shape index (κ3) is 6.04. The van der Waals surface area contributed by atoms with Crippen molar-refractivity contribution >= 4 is 14.8 Å². The van der Waals surface area contributed by atoms with Crippen molar-refractivity contribution in [3.63, 3.8) is 0 Å². The van der Waals surface area contributed by atoms with Gasteiger partial charge in [0.05, 0.1) is 17.8 Å². The van der Waals surface area contributed by atoms with E-state index in [1.54, 1.807) is 6.26 Å². The third-order valence-electron chi connectivity index (χ3n) is 3.39. The molecule has 0 saturated carbocycles. The Balaban J connectivity index is 1.61. The number of allylic oxidation sites excluding steroid dienone is 1. The summed E-state index contributed by atoms with van der Waals surface area (Å²) in [5, 5.41) is 0.691. The second-order valence-corrected chi connectivity index (χ2v) is 7.13. The number of para-hydroxylation sites is 3. The largest absolute Gasteiger partial charge is 0.861 e. The summed E-state index contributed by atoms with van der Waals surface area (Å²) in [6, 6.07) is 29.2. The minimum atomic E-state index is -1.98. The van der Waals surface area contributed by atoms with Gasteiger partial charge in [0.1, 0.15) is 5.75 Å². The minimum absolute atomic E-state index is 0.691. The number of benzene rings is 3. The summed E-state index contributed by atoms with van der Waals surface area (Å²) in [6.07, 6.45) is 3.65. The van der Waals surface area contributed by atoms with E-state index < -0.39 is 14.8 Å². The summed E-state index contributed by atoms with van der Waals surface area (Å²) in [6.45, 7) is 0. The van der Waals surface area contributed by atoms with Crippen LogP contribution in [0.25, 0.3) is 0 Å². The molecular formula is C21H19AlO3. The minimum Gasteiger partial charge on any atom is -0.612 e. The van der Waals surface area contributed by atoms with Crippen molar-refractivity contribution in [3.05, 3.63) is 103 Å². The fourth-order valence-corrected chi connectivity index (χ4v) is 3.71. The van der Waals surface area contributed by atoms with Crippen molar-refractivity contribution in [1.29, 1.82) is 0 Å². The first-order chi connectivity index (χ1) is 12.4. The van der Waals surface area contributed by atoms with Gasteiger partial charge < -0.3 is 12.3 Å². The lowest BCUT2D eigenvalue weighted by molar-refractivity contribution is 0.424. The molecule has 0 aromatic heterocycles. The van der Waals surface area contributed by atoms with Crippen LogP contribution in [0.2, 0.25) is 5.28 Å². The molecule has 0 aliphatic carbocycles. The second-order valence-electron chi connectivity index (χ2n) is 5.33. The molecule has 0 radical (unpaired) electrons. The second kappa shape index (κ2) is 9.59. The summed E-state index contributed by atoms with van der Waals surface area (Å²) < 4.78 is 17.7. The van der Waals surface area contributed by atoms with E-state index in [9.17, 15) is 0 Å². The highest BCUT2D eigenvalue weighted by Crippen LogP contribution is 2.16. The molecule has 3 aromatic rings. The lowest BCUT2D eigenvalue weighted by atomic mass is 10.3. The van der Waals surface area contributed by atoms with Gasteiger partial charge in [-0.1, -0.05) is 60.7 Å². The molecule has 0 saturated heterocycles. The van der Waals surface area contributed by atoms with E-state index in [0.29, 0.717) is 5.28 Å². The third-order valence-corrected chi connectivity index (χ3v) is 5.12. The Bertz CT molecular complexity index is 719. The molecule has 0 amide bonds. The quantitative estimate of drug-likeness (QED) is 0.413. The average molecular weight is 346 g/mol. The maximum atomic E-state index is 6.08. The predicted octanol–water partition coefficient (Wildman–Crippen LogP) is 5.23. The van der Waals surface area contributed by atoms with Crippen molar-refractivity contribution in [2.24, 2.45) is 0 Å². The van der Waals surface area contributed by atoms with Gasteiger partial charge in [0, 0.05) is 5.28 Å². The smallest absolute Gasteiger partial charge is 0.612 e. The monoisotopic (exact) mass is 346 g/mol. The average Bonchev–Trinajstić information content (AvgIpc) is 2.67. The van der Waals surface area contributed by atoms with Crippen LogP contribution < -0.4 is 12.3 Å². The molecule has 3 aromatic carbocycles. The normalized spacial score (nSPS) is 10.4. The summed E-state index contributed by atoms with van der Waals surface area (Å²) in [7, 11) is 0.